The van der Waals surface area contributed by atoms with Gasteiger partial charge >= 0.3 is 6.03 Å². The van der Waals surface area contributed by atoms with E-state index in [9.17, 15) is 4.79 Å². The number of rotatable bonds is 6. The standard InChI is InChI=1S/C16H26N4OS/c1-11(15-17-8-12(2)22-15)7-18-16(21)19-9-13-5-6-20(10-13)14-3-4-14/h8,11,13-14H,3-7,9-10H2,1-2H3,(H2,18,19,21)/t11-,13+/m0/s1. The van der Waals surface area contributed by atoms with E-state index in [1.54, 1.807) is 11.3 Å². The molecule has 1 aromatic heterocycles. The fraction of sp³-hybridized carbons (Fsp3) is 0.750. The summed E-state index contributed by atoms with van der Waals surface area (Å²) >= 11 is 1.70. The molecule has 0 radical (unpaired) electrons. The van der Waals surface area contributed by atoms with Gasteiger partial charge in [0.2, 0.25) is 0 Å². The third-order valence-corrected chi connectivity index (χ3v) is 5.71. The minimum Gasteiger partial charge on any atom is -0.338 e. The minimum atomic E-state index is -0.0509. The van der Waals surface area contributed by atoms with Crippen molar-refractivity contribution in [1.82, 2.24) is 20.5 Å². The first-order valence-electron chi connectivity index (χ1n) is 8.30. The number of thiazole rings is 1. The number of hydrogen-bond donors (Lipinski definition) is 2. The van der Waals surface area contributed by atoms with Crippen LogP contribution in [-0.4, -0.2) is 48.1 Å². The molecule has 22 heavy (non-hydrogen) atoms. The maximum absolute atomic E-state index is 11.9. The summed E-state index contributed by atoms with van der Waals surface area (Å²) < 4.78 is 0. The number of hydrogen-bond acceptors (Lipinski definition) is 4. The van der Waals surface area contributed by atoms with Crippen LogP contribution in [0.25, 0.3) is 0 Å². The molecule has 2 N–H and O–H groups in total. The molecule has 2 heterocycles. The molecule has 2 aliphatic rings. The first-order valence-corrected chi connectivity index (χ1v) is 9.11. The summed E-state index contributed by atoms with van der Waals surface area (Å²) in [6.45, 7) is 7.94. The fourth-order valence-corrected chi connectivity index (χ4v) is 3.86. The lowest BCUT2D eigenvalue weighted by atomic mass is 10.1. The van der Waals surface area contributed by atoms with Gasteiger partial charge in [-0.25, -0.2) is 9.78 Å². The van der Waals surface area contributed by atoms with Gasteiger partial charge in [-0.3, -0.25) is 0 Å². The average molecular weight is 322 g/mol. The van der Waals surface area contributed by atoms with Gasteiger partial charge in [-0.15, -0.1) is 11.3 Å². The zero-order chi connectivity index (χ0) is 15.5. The van der Waals surface area contributed by atoms with Crippen LogP contribution in [0.2, 0.25) is 0 Å². The van der Waals surface area contributed by atoms with Crippen molar-refractivity contribution in [2.24, 2.45) is 5.92 Å². The molecule has 1 aliphatic heterocycles. The highest BCUT2D eigenvalue weighted by atomic mass is 32.1. The van der Waals surface area contributed by atoms with Gasteiger partial charge in [-0.1, -0.05) is 6.92 Å². The van der Waals surface area contributed by atoms with Crippen molar-refractivity contribution in [3.63, 3.8) is 0 Å². The predicted molar refractivity (Wildman–Crippen MR) is 89.4 cm³/mol. The third kappa shape index (κ3) is 4.20. The van der Waals surface area contributed by atoms with Crippen molar-refractivity contribution in [3.8, 4) is 0 Å². The van der Waals surface area contributed by atoms with Crippen LogP contribution in [0, 0.1) is 12.8 Å². The zero-order valence-corrected chi connectivity index (χ0v) is 14.3. The van der Waals surface area contributed by atoms with Crippen LogP contribution in [0.15, 0.2) is 6.20 Å². The minimum absolute atomic E-state index is 0.0509. The molecule has 3 rings (SSSR count). The number of carbonyl (C=O) groups excluding carboxylic acids is 1. The van der Waals surface area contributed by atoms with Crippen LogP contribution in [0.5, 0.6) is 0 Å². The van der Waals surface area contributed by atoms with E-state index < -0.39 is 0 Å². The second-order valence-electron chi connectivity index (χ2n) is 6.68. The van der Waals surface area contributed by atoms with E-state index >= 15 is 0 Å². The van der Waals surface area contributed by atoms with Crippen LogP contribution in [-0.2, 0) is 0 Å². The largest absolute Gasteiger partial charge is 0.338 e. The Morgan fingerprint density at radius 2 is 2.27 bits per heavy atom. The first-order chi connectivity index (χ1) is 10.6. The van der Waals surface area contributed by atoms with E-state index in [1.165, 1.54) is 30.7 Å². The van der Waals surface area contributed by atoms with Crippen molar-refractivity contribution in [2.45, 2.75) is 45.1 Å². The summed E-state index contributed by atoms with van der Waals surface area (Å²) in [4.78, 5) is 20.1. The topological polar surface area (TPSA) is 57.3 Å². The van der Waals surface area contributed by atoms with Gasteiger partial charge in [0.05, 0.1) is 5.01 Å². The Labute approximate surface area is 136 Å². The quantitative estimate of drug-likeness (QED) is 0.845. The molecule has 0 aromatic carbocycles. The first kappa shape index (κ1) is 15.7. The number of nitrogens with one attached hydrogen (secondary N) is 2. The normalized spacial score (nSPS) is 23.5. The number of likely N-dealkylation sites (tertiary alicyclic amines) is 1. The number of aromatic nitrogens is 1. The second-order valence-corrected chi connectivity index (χ2v) is 7.95. The number of urea groups is 1. The maximum Gasteiger partial charge on any atom is 0.314 e. The second kappa shape index (κ2) is 6.96. The number of nitrogens with zero attached hydrogens (tertiary/aromatic N) is 2. The van der Waals surface area contributed by atoms with Gasteiger partial charge in [0.15, 0.2) is 0 Å². The van der Waals surface area contributed by atoms with E-state index in [0.717, 1.165) is 24.1 Å². The highest BCUT2D eigenvalue weighted by molar-refractivity contribution is 7.11. The molecule has 0 bridgehead atoms. The molecule has 1 aliphatic carbocycles. The zero-order valence-electron chi connectivity index (χ0n) is 13.5. The van der Waals surface area contributed by atoms with Gasteiger partial charge in [0.25, 0.3) is 0 Å². The van der Waals surface area contributed by atoms with Crippen LogP contribution in [0.3, 0.4) is 0 Å². The van der Waals surface area contributed by atoms with Gasteiger partial charge in [-0.05, 0) is 38.6 Å². The average Bonchev–Trinajstić information content (AvgIpc) is 3.09. The summed E-state index contributed by atoms with van der Waals surface area (Å²) in [5.41, 5.74) is 0. The summed E-state index contributed by atoms with van der Waals surface area (Å²) in [6.07, 6.45) is 5.84. The molecular weight excluding hydrogens is 296 g/mol. The summed E-state index contributed by atoms with van der Waals surface area (Å²) in [5, 5.41) is 7.08. The SMILES string of the molecule is Cc1cnc([C@@H](C)CNC(=O)NC[C@H]2CCN(C3CC3)C2)s1. The Bertz CT molecular complexity index is 514. The molecule has 0 unspecified atom stereocenters. The number of aryl methyl sites for hydroxylation is 1. The van der Waals surface area contributed by atoms with Crippen molar-refractivity contribution in [1.29, 1.82) is 0 Å². The molecule has 2 fully saturated rings. The Morgan fingerprint density at radius 3 is 2.95 bits per heavy atom. The summed E-state index contributed by atoms with van der Waals surface area (Å²) in [7, 11) is 0. The van der Waals surface area contributed by atoms with E-state index in [1.807, 2.05) is 6.20 Å². The Morgan fingerprint density at radius 1 is 1.45 bits per heavy atom. The molecule has 2 amide bonds. The lowest BCUT2D eigenvalue weighted by Crippen LogP contribution is -2.40. The highest BCUT2D eigenvalue weighted by Crippen LogP contribution is 2.31. The smallest absolute Gasteiger partial charge is 0.314 e. The van der Waals surface area contributed by atoms with Crippen molar-refractivity contribution in [3.05, 3.63) is 16.1 Å². The van der Waals surface area contributed by atoms with E-state index in [4.69, 9.17) is 0 Å². The lowest BCUT2D eigenvalue weighted by Gasteiger charge is -2.16. The van der Waals surface area contributed by atoms with E-state index in [-0.39, 0.29) is 11.9 Å². The Kier molecular flexibility index (Phi) is 4.98. The molecule has 5 nitrogen and oxygen atoms in total. The predicted octanol–water partition coefficient (Wildman–Crippen LogP) is 2.34. The van der Waals surface area contributed by atoms with Crippen LogP contribution < -0.4 is 10.6 Å². The molecule has 1 aromatic rings. The fourth-order valence-electron chi connectivity index (χ4n) is 3.03. The van der Waals surface area contributed by atoms with Crippen molar-refractivity contribution < 1.29 is 4.79 Å². The van der Waals surface area contributed by atoms with E-state index in [2.05, 4.69) is 34.4 Å². The van der Waals surface area contributed by atoms with E-state index in [0.29, 0.717) is 12.5 Å². The van der Waals surface area contributed by atoms with Crippen LogP contribution in [0.1, 0.15) is 42.0 Å². The van der Waals surface area contributed by atoms with Gasteiger partial charge in [-0.2, -0.15) is 0 Å². The molecule has 0 spiro atoms. The van der Waals surface area contributed by atoms with Crippen LogP contribution >= 0.6 is 11.3 Å². The van der Waals surface area contributed by atoms with Gasteiger partial charge in [0.1, 0.15) is 0 Å². The van der Waals surface area contributed by atoms with Crippen LogP contribution in [0.4, 0.5) is 4.79 Å². The van der Waals surface area contributed by atoms with Crippen molar-refractivity contribution >= 4 is 17.4 Å². The summed E-state index contributed by atoms with van der Waals surface area (Å²) in [5.74, 6) is 0.881. The monoisotopic (exact) mass is 322 g/mol. The molecule has 1 saturated heterocycles. The third-order valence-electron chi connectivity index (χ3n) is 4.56. The highest BCUT2D eigenvalue weighted by Gasteiger charge is 2.34. The molecule has 1 saturated carbocycles. The molecule has 122 valence electrons. The van der Waals surface area contributed by atoms with Gasteiger partial charge in [0, 0.05) is 42.7 Å². The molecule has 2 atom stereocenters. The van der Waals surface area contributed by atoms with Crippen molar-refractivity contribution in [2.75, 3.05) is 26.2 Å². The maximum atomic E-state index is 11.9. The summed E-state index contributed by atoms with van der Waals surface area (Å²) in [6, 6.07) is 0.798. The number of amides is 2. The Hall–Kier alpha value is -1.14. The molecule has 6 heteroatoms. The Balaban J connectivity index is 1.32. The van der Waals surface area contributed by atoms with Gasteiger partial charge < -0.3 is 15.5 Å². The lowest BCUT2D eigenvalue weighted by molar-refractivity contribution is 0.238. The molecular formula is C16H26N4OS. The number of carbonyl (C=O) groups is 1.